The number of urea groups is 1. The number of hydrogen-bond donors (Lipinski definition) is 2. The van der Waals surface area contributed by atoms with Gasteiger partial charge in [-0.3, -0.25) is 0 Å². The Labute approximate surface area is 128 Å². The highest BCUT2D eigenvalue weighted by atomic mass is 35.5. The van der Waals surface area contributed by atoms with Crippen molar-refractivity contribution >= 4 is 23.3 Å². The second-order valence-electron chi connectivity index (χ2n) is 5.04. The highest BCUT2D eigenvalue weighted by molar-refractivity contribution is 6.30. The van der Waals surface area contributed by atoms with Gasteiger partial charge in [0.05, 0.1) is 25.0 Å². The van der Waals surface area contributed by atoms with E-state index in [-0.39, 0.29) is 18.0 Å². The van der Waals surface area contributed by atoms with Crippen molar-refractivity contribution in [1.82, 2.24) is 20.3 Å². The molecular weight excluding hydrogens is 290 g/mol. The first-order valence-corrected chi connectivity index (χ1v) is 7.09. The first kappa shape index (κ1) is 15.3. The maximum Gasteiger partial charge on any atom is 0.319 e. The summed E-state index contributed by atoms with van der Waals surface area (Å²) in [4.78, 5) is 13.6. The van der Waals surface area contributed by atoms with Crippen LogP contribution in [0.15, 0.2) is 36.7 Å². The zero-order valence-corrected chi connectivity index (χ0v) is 12.7. The van der Waals surface area contributed by atoms with Gasteiger partial charge < -0.3 is 10.6 Å². The fourth-order valence-corrected chi connectivity index (χ4v) is 2.03. The minimum atomic E-state index is -0.275. The molecule has 0 aliphatic carbocycles. The molecule has 1 aromatic heterocycles. The molecule has 21 heavy (non-hydrogen) atoms. The Bertz CT molecular complexity index is 585. The summed E-state index contributed by atoms with van der Waals surface area (Å²) >= 11 is 5.89. The fraction of sp³-hybridized carbons (Fsp3) is 0.357. The van der Waals surface area contributed by atoms with Gasteiger partial charge in [0.15, 0.2) is 0 Å². The number of halogens is 1. The molecule has 1 heterocycles. The predicted molar refractivity (Wildman–Crippen MR) is 82.3 cm³/mol. The van der Waals surface area contributed by atoms with Crippen molar-refractivity contribution in [2.75, 3.05) is 5.32 Å². The molecule has 7 heteroatoms. The Kier molecular flexibility index (Phi) is 5.16. The van der Waals surface area contributed by atoms with Gasteiger partial charge in [0.2, 0.25) is 0 Å². The van der Waals surface area contributed by atoms with Crippen LogP contribution in [0.4, 0.5) is 10.5 Å². The van der Waals surface area contributed by atoms with Gasteiger partial charge >= 0.3 is 6.03 Å². The first-order valence-electron chi connectivity index (χ1n) is 6.72. The van der Waals surface area contributed by atoms with E-state index in [1.807, 2.05) is 13.8 Å². The van der Waals surface area contributed by atoms with Crippen LogP contribution in [0.25, 0.3) is 0 Å². The molecular formula is C14H18ClN5O. The molecule has 2 aromatic rings. The average Bonchev–Trinajstić information content (AvgIpc) is 2.90. The van der Waals surface area contributed by atoms with Gasteiger partial charge in [0, 0.05) is 10.7 Å². The van der Waals surface area contributed by atoms with E-state index in [4.69, 9.17) is 11.6 Å². The standard InChI is InChI=1S/C14H18ClN5O/c1-10(2)13(9-20-16-6-7-17-20)19-14(21)18-12-5-3-4-11(15)8-12/h3-8,10,13H,9H2,1-2H3,(H2,18,19,21). The Morgan fingerprint density at radius 2 is 2.05 bits per heavy atom. The number of nitrogens with zero attached hydrogens (tertiary/aromatic N) is 3. The Hall–Kier alpha value is -2.08. The highest BCUT2D eigenvalue weighted by Gasteiger charge is 2.17. The van der Waals surface area contributed by atoms with Crippen LogP contribution >= 0.6 is 11.6 Å². The summed E-state index contributed by atoms with van der Waals surface area (Å²) in [6.45, 7) is 4.59. The van der Waals surface area contributed by atoms with Gasteiger partial charge in [0.25, 0.3) is 0 Å². The second-order valence-corrected chi connectivity index (χ2v) is 5.48. The lowest BCUT2D eigenvalue weighted by Gasteiger charge is -2.22. The first-order chi connectivity index (χ1) is 10.0. The average molecular weight is 308 g/mol. The van der Waals surface area contributed by atoms with Gasteiger partial charge in [-0.25, -0.2) is 4.79 Å². The maximum absolute atomic E-state index is 12.1. The molecule has 112 valence electrons. The van der Waals surface area contributed by atoms with Crippen molar-refractivity contribution in [1.29, 1.82) is 0 Å². The third kappa shape index (κ3) is 4.75. The SMILES string of the molecule is CC(C)C(Cn1nccn1)NC(=O)Nc1cccc(Cl)c1. The van der Waals surface area contributed by atoms with Crippen molar-refractivity contribution in [3.05, 3.63) is 41.7 Å². The zero-order chi connectivity index (χ0) is 15.2. The molecule has 1 unspecified atom stereocenters. The molecule has 0 bridgehead atoms. The van der Waals surface area contributed by atoms with Crippen LogP contribution in [0.5, 0.6) is 0 Å². The summed E-state index contributed by atoms with van der Waals surface area (Å²) in [6.07, 6.45) is 3.23. The summed E-state index contributed by atoms with van der Waals surface area (Å²) in [6, 6.07) is 6.67. The Balaban J connectivity index is 1.95. The Morgan fingerprint density at radius 1 is 1.33 bits per heavy atom. The van der Waals surface area contributed by atoms with Crippen molar-refractivity contribution in [2.45, 2.75) is 26.4 Å². The number of amides is 2. The quantitative estimate of drug-likeness (QED) is 0.892. The van der Waals surface area contributed by atoms with Crippen molar-refractivity contribution in [3.63, 3.8) is 0 Å². The second kappa shape index (κ2) is 7.08. The van der Waals surface area contributed by atoms with E-state index in [1.54, 1.807) is 41.5 Å². The van der Waals surface area contributed by atoms with Crippen LogP contribution in [0, 0.1) is 5.92 Å². The van der Waals surface area contributed by atoms with Crippen LogP contribution in [0.2, 0.25) is 5.02 Å². The molecule has 0 aliphatic heterocycles. The maximum atomic E-state index is 12.1. The van der Waals surface area contributed by atoms with Gasteiger partial charge in [0.1, 0.15) is 0 Å². The molecule has 0 fully saturated rings. The number of aromatic nitrogens is 3. The predicted octanol–water partition coefficient (Wildman–Crippen LogP) is 2.78. The van der Waals surface area contributed by atoms with Crippen LogP contribution in [-0.2, 0) is 6.54 Å². The Morgan fingerprint density at radius 3 is 2.67 bits per heavy atom. The van der Waals surface area contributed by atoms with E-state index in [2.05, 4.69) is 20.8 Å². The van der Waals surface area contributed by atoms with Crippen LogP contribution < -0.4 is 10.6 Å². The molecule has 2 N–H and O–H groups in total. The topological polar surface area (TPSA) is 71.8 Å². The van der Waals surface area contributed by atoms with Crippen molar-refractivity contribution in [3.8, 4) is 0 Å². The fourth-order valence-electron chi connectivity index (χ4n) is 1.84. The van der Waals surface area contributed by atoms with Gasteiger partial charge in [-0.1, -0.05) is 31.5 Å². The summed E-state index contributed by atoms with van der Waals surface area (Å²) in [5.74, 6) is 0.251. The van der Waals surface area contributed by atoms with E-state index in [1.165, 1.54) is 0 Å². The molecule has 2 amide bonds. The van der Waals surface area contributed by atoms with Crippen molar-refractivity contribution in [2.24, 2.45) is 5.92 Å². The molecule has 0 aliphatic rings. The van der Waals surface area contributed by atoms with Crippen molar-refractivity contribution < 1.29 is 4.79 Å². The number of carbonyl (C=O) groups is 1. The van der Waals surface area contributed by atoms with Gasteiger partial charge in [-0.2, -0.15) is 15.0 Å². The van der Waals surface area contributed by atoms with E-state index in [0.29, 0.717) is 17.3 Å². The monoisotopic (exact) mass is 307 g/mol. The molecule has 2 rings (SSSR count). The third-order valence-electron chi connectivity index (χ3n) is 3.03. The molecule has 1 aromatic carbocycles. The smallest absolute Gasteiger partial charge is 0.319 e. The van der Waals surface area contributed by atoms with E-state index in [0.717, 1.165) is 0 Å². The number of nitrogens with one attached hydrogen (secondary N) is 2. The minimum Gasteiger partial charge on any atom is -0.333 e. The number of carbonyl (C=O) groups excluding carboxylic acids is 1. The lowest BCUT2D eigenvalue weighted by atomic mass is 10.1. The van der Waals surface area contributed by atoms with Crippen LogP contribution in [0.3, 0.4) is 0 Å². The molecule has 0 saturated carbocycles. The van der Waals surface area contributed by atoms with Crippen LogP contribution in [0.1, 0.15) is 13.8 Å². The largest absolute Gasteiger partial charge is 0.333 e. The lowest BCUT2D eigenvalue weighted by molar-refractivity contribution is 0.239. The van der Waals surface area contributed by atoms with E-state index in [9.17, 15) is 4.79 Å². The minimum absolute atomic E-state index is 0.0726. The highest BCUT2D eigenvalue weighted by Crippen LogP contribution is 2.15. The molecule has 6 nitrogen and oxygen atoms in total. The summed E-state index contributed by atoms with van der Waals surface area (Å²) < 4.78 is 0. The number of benzene rings is 1. The summed E-state index contributed by atoms with van der Waals surface area (Å²) in [7, 11) is 0. The molecule has 1 atom stereocenters. The van der Waals surface area contributed by atoms with E-state index < -0.39 is 0 Å². The summed E-state index contributed by atoms with van der Waals surface area (Å²) in [5.41, 5.74) is 0.653. The summed E-state index contributed by atoms with van der Waals surface area (Å²) in [5, 5.41) is 14.4. The molecule has 0 spiro atoms. The van der Waals surface area contributed by atoms with Gasteiger partial charge in [-0.05, 0) is 24.1 Å². The number of hydrogen-bond acceptors (Lipinski definition) is 3. The molecule has 0 radical (unpaired) electrons. The molecule has 0 saturated heterocycles. The number of rotatable bonds is 5. The van der Waals surface area contributed by atoms with Crippen LogP contribution in [-0.4, -0.2) is 27.1 Å². The number of anilines is 1. The third-order valence-corrected chi connectivity index (χ3v) is 3.27. The van der Waals surface area contributed by atoms with Gasteiger partial charge in [-0.15, -0.1) is 0 Å². The lowest BCUT2D eigenvalue weighted by Crippen LogP contribution is -2.44. The van der Waals surface area contributed by atoms with E-state index >= 15 is 0 Å². The zero-order valence-electron chi connectivity index (χ0n) is 12.0. The normalized spacial score (nSPS) is 12.2.